The van der Waals surface area contributed by atoms with Gasteiger partial charge in [-0.3, -0.25) is 4.90 Å². The molecule has 1 saturated carbocycles. The molecule has 7 nitrogen and oxygen atoms in total. The van der Waals surface area contributed by atoms with E-state index in [1.54, 1.807) is 32.2 Å². The zero-order valence-corrected chi connectivity index (χ0v) is 15.9. The Labute approximate surface area is 163 Å². The highest BCUT2D eigenvalue weighted by Crippen LogP contribution is 2.55. The van der Waals surface area contributed by atoms with Crippen molar-refractivity contribution in [3.8, 4) is 11.6 Å². The van der Waals surface area contributed by atoms with Crippen LogP contribution in [0.2, 0.25) is 0 Å². The molecule has 3 heterocycles. The summed E-state index contributed by atoms with van der Waals surface area (Å²) in [6.07, 6.45) is 2.81. The first-order chi connectivity index (χ1) is 13.4. The average Bonchev–Trinajstić information content (AvgIpc) is 3.38. The molecular formula is C21H23N3O4. The third kappa shape index (κ3) is 2.65. The first-order valence-corrected chi connectivity index (χ1v) is 9.53. The van der Waals surface area contributed by atoms with Crippen LogP contribution in [0.3, 0.4) is 0 Å². The van der Waals surface area contributed by atoms with E-state index in [0.29, 0.717) is 18.2 Å². The Morgan fingerprint density at radius 3 is 2.75 bits per heavy atom. The molecular weight excluding hydrogens is 358 g/mol. The van der Waals surface area contributed by atoms with E-state index in [4.69, 9.17) is 9.47 Å². The van der Waals surface area contributed by atoms with Gasteiger partial charge in [0.05, 0.1) is 30.6 Å². The van der Waals surface area contributed by atoms with Crippen molar-refractivity contribution in [3.63, 3.8) is 0 Å². The molecule has 2 N–H and O–H groups in total. The number of nitrogens with one attached hydrogen (secondary N) is 1. The van der Waals surface area contributed by atoms with Gasteiger partial charge in [0.15, 0.2) is 6.23 Å². The molecule has 3 aliphatic rings. The summed E-state index contributed by atoms with van der Waals surface area (Å²) in [5.41, 5.74) is 2.30. The number of pyridine rings is 1. The highest BCUT2D eigenvalue weighted by atomic mass is 16.5. The molecule has 1 spiro atoms. The molecule has 2 aliphatic heterocycles. The van der Waals surface area contributed by atoms with Crippen LogP contribution < -0.4 is 15.0 Å². The van der Waals surface area contributed by atoms with Crippen molar-refractivity contribution in [2.45, 2.75) is 50.5 Å². The van der Waals surface area contributed by atoms with Gasteiger partial charge in [0.2, 0.25) is 5.88 Å². The smallest absolute Gasteiger partial charge is 0.324 e. The predicted molar refractivity (Wildman–Crippen MR) is 102 cm³/mol. The number of ether oxygens (including phenoxy) is 2. The number of urea groups is 1. The van der Waals surface area contributed by atoms with Crippen molar-refractivity contribution in [2.75, 3.05) is 11.5 Å². The van der Waals surface area contributed by atoms with Crippen LogP contribution in [0, 0.1) is 0 Å². The third-order valence-electron chi connectivity index (χ3n) is 5.88. The van der Waals surface area contributed by atoms with Crippen molar-refractivity contribution in [1.29, 1.82) is 0 Å². The number of nitrogens with zero attached hydrogens (tertiary/aromatic N) is 2. The second kappa shape index (κ2) is 5.93. The van der Waals surface area contributed by atoms with E-state index < -0.39 is 11.8 Å². The van der Waals surface area contributed by atoms with Crippen LogP contribution in [0.5, 0.6) is 11.6 Å². The number of aromatic nitrogens is 1. The van der Waals surface area contributed by atoms with E-state index >= 15 is 0 Å². The molecule has 1 atom stereocenters. The first-order valence-electron chi connectivity index (χ1n) is 9.53. The second-order valence-electron chi connectivity index (χ2n) is 8.42. The lowest BCUT2D eigenvalue weighted by Crippen LogP contribution is -2.44. The Kier molecular flexibility index (Phi) is 3.70. The van der Waals surface area contributed by atoms with E-state index in [0.717, 1.165) is 25.2 Å². The SMILES string of the molecule is CC1(C)NC(=O)N(c2ccc(Oc3cccc4c3C3(CC3)COC4)nc2)C1O. The Hall–Kier alpha value is -2.64. The molecule has 5 rings (SSSR count). The number of anilines is 1. The number of hydrogen-bond donors (Lipinski definition) is 2. The monoisotopic (exact) mass is 381 g/mol. The van der Waals surface area contributed by atoms with Crippen molar-refractivity contribution >= 4 is 11.7 Å². The van der Waals surface area contributed by atoms with E-state index in [-0.39, 0.29) is 11.4 Å². The third-order valence-corrected chi connectivity index (χ3v) is 5.88. The van der Waals surface area contributed by atoms with Gasteiger partial charge in [-0.2, -0.15) is 0 Å². The zero-order valence-electron chi connectivity index (χ0n) is 15.9. The first kappa shape index (κ1) is 17.5. The molecule has 2 amide bonds. The van der Waals surface area contributed by atoms with Gasteiger partial charge in [0.1, 0.15) is 5.75 Å². The molecule has 2 aromatic rings. The number of rotatable bonds is 3. The van der Waals surface area contributed by atoms with E-state index in [2.05, 4.69) is 16.4 Å². The number of benzene rings is 1. The summed E-state index contributed by atoms with van der Waals surface area (Å²) in [6, 6.07) is 9.14. The summed E-state index contributed by atoms with van der Waals surface area (Å²) >= 11 is 0. The second-order valence-corrected chi connectivity index (χ2v) is 8.42. The van der Waals surface area contributed by atoms with Crippen molar-refractivity contribution < 1.29 is 19.4 Å². The van der Waals surface area contributed by atoms with Crippen LogP contribution in [-0.2, 0) is 16.8 Å². The quantitative estimate of drug-likeness (QED) is 0.854. The number of aliphatic hydroxyl groups excluding tert-OH is 1. The predicted octanol–water partition coefficient (Wildman–Crippen LogP) is 3.06. The van der Waals surface area contributed by atoms with Crippen molar-refractivity contribution in [2.24, 2.45) is 0 Å². The molecule has 1 aromatic heterocycles. The van der Waals surface area contributed by atoms with E-state index in [9.17, 15) is 9.90 Å². The largest absolute Gasteiger partial charge is 0.439 e. The zero-order chi connectivity index (χ0) is 19.5. The molecule has 7 heteroatoms. The van der Waals surface area contributed by atoms with Gasteiger partial charge in [-0.05, 0) is 44.4 Å². The Morgan fingerprint density at radius 1 is 1.29 bits per heavy atom. The summed E-state index contributed by atoms with van der Waals surface area (Å²) in [4.78, 5) is 17.9. The molecule has 1 aliphatic carbocycles. The number of amides is 2. The summed E-state index contributed by atoms with van der Waals surface area (Å²) in [6.45, 7) is 4.90. The highest BCUT2D eigenvalue weighted by molar-refractivity contribution is 5.95. The highest BCUT2D eigenvalue weighted by Gasteiger charge is 2.49. The Bertz CT molecular complexity index is 937. The van der Waals surface area contributed by atoms with Crippen molar-refractivity contribution in [1.82, 2.24) is 10.3 Å². The molecule has 0 radical (unpaired) electrons. The maximum Gasteiger partial charge on any atom is 0.324 e. The summed E-state index contributed by atoms with van der Waals surface area (Å²) in [5, 5.41) is 13.2. The molecule has 0 bridgehead atoms. The topological polar surface area (TPSA) is 83.9 Å². The number of fused-ring (bicyclic) bond motifs is 2. The number of aliphatic hydroxyl groups is 1. The number of hydrogen-bond acceptors (Lipinski definition) is 5. The fraction of sp³-hybridized carbons (Fsp3) is 0.429. The van der Waals surface area contributed by atoms with Crippen LogP contribution >= 0.6 is 0 Å². The van der Waals surface area contributed by atoms with Crippen LogP contribution in [0.1, 0.15) is 37.8 Å². The molecule has 2 fully saturated rings. The van der Waals surface area contributed by atoms with Gasteiger partial charge in [0, 0.05) is 17.0 Å². The minimum Gasteiger partial charge on any atom is -0.439 e. The van der Waals surface area contributed by atoms with E-state index in [1.807, 2.05) is 12.1 Å². The lowest BCUT2D eigenvalue weighted by Gasteiger charge is -2.27. The van der Waals surface area contributed by atoms with Crippen LogP contribution in [-0.4, -0.2) is 34.5 Å². The van der Waals surface area contributed by atoms with Gasteiger partial charge < -0.3 is 19.9 Å². The van der Waals surface area contributed by atoms with Crippen molar-refractivity contribution in [3.05, 3.63) is 47.7 Å². The van der Waals surface area contributed by atoms with Crippen LogP contribution in [0.4, 0.5) is 10.5 Å². The van der Waals surface area contributed by atoms with Gasteiger partial charge in [-0.1, -0.05) is 12.1 Å². The van der Waals surface area contributed by atoms with Crippen LogP contribution in [0.15, 0.2) is 36.5 Å². The summed E-state index contributed by atoms with van der Waals surface area (Å²) in [7, 11) is 0. The standard InChI is InChI=1S/C21H23N3O4/c1-20(2)18(25)24(19(26)23-20)14-6-7-16(22-10-14)28-15-5-3-4-13-11-27-12-21(8-9-21)17(13)15/h3-7,10,18,25H,8-9,11-12H2,1-2H3,(H,23,26). The van der Waals surface area contributed by atoms with Gasteiger partial charge in [-0.25, -0.2) is 9.78 Å². The summed E-state index contributed by atoms with van der Waals surface area (Å²) < 4.78 is 11.9. The lowest BCUT2D eigenvalue weighted by molar-refractivity contribution is 0.0827. The maximum absolute atomic E-state index is 12.2. The minimum atomic E-state index is -0.968. The lowest BCUT2D eigenvalue weighted by atomic mass is 9.89. The Morgan fingerprint density at radius 2 is 2.11 bits per heavy atom. The molecule has 28 heavy (non-hydrogen) atoms. The Balaban J connectivity index is 1.41. The van der Waals surface area contributed by atoms with Gasteiger partial charge in [0.25, 0.3) is 0 Å². The molecule has 146 valence electrons. The van der Waals surface area contributed by atoms with Crippen LogP contribution in [0.25, 0.3) is 0 Å². The fourth-order valence-corrected chi connectivity index (χ4v) is 4.14. The fourth-order valence-electron chi connectivity index (χ4n) is 4.14. The molecule has 1 aromatic carbocycles. The number of carbonyl (C=O) groups excluding carboxylic acids is 1. The maximum atomic E-state index is 12.2. The minimum absolute atomic E-state index is 0.0907. The number of carbonyl (C=O) groups is 1. The van der Waals surface area contributed by atoms with Gasteiger partial charge in [-0.15, -0.1) is 0 Å². The van der Waals surface area contributed by atoms with Gasteiger partial charge >= 0.3 is 6.03 Å². The molecule has 1 unspecified atom stereocenters. The van der Waals surface area contributed by atoms with E-state index in [1.165, 1.54) is 16.0 Å². The summed E-state index contributed by atoms with van der Waals surface area (Å²) in [5.74, 6) is 1.27. The normalized spacial score (nSPS) is 24.0. The molecule has 1 saturated heterocycles. The average molecular weight is 381 g/mol.